The summed E-state index contributed by atoms with van der Waals surface area (Å²) in [6.07, 6.45) is -11.6. The fraction of sp³-hybridized carbons (Fsp3) is 1.00. The van der Waals surface area contributed by atoms with Gasteiger partial charge in [-0.05, 0) is 72.2 Å². The SMILES string of the molecule is C.C.C.C.C.C.[2H]C(C)(C)P.[2H]C([2H])([2H])C(P)C([2H])([2H])[2H].[2H]C([2H])([2H])C([2H])(P)C([2H])([2H])[2H].[2H]C1(P)CCCCC1.[2H]C1([2H])C([2H])([2H])C([2H])([2H])C([2H])(P)C([2H])([2H])C1([2H])[2H].[2H]C1([2H])CCCC([2H])([2H])C1P. The van der Waals surface area contributed by atoms with Gasteiger partial charge in [-0.2, -0.15) is 0 Å². The Morgan fingerprint density at radius 1 is 0.590 bits per heavy atom. The van der Waals surface area contributed by atoms with Crippen molar-refractivity contribution in [2.45, 2.75) is 216 Å². The summed E-state index contributed by atoms with van der Waals surface area (Å²) in [6, 6.07) is 0. The Hall–Kier alpha value is 2.58. The zero-order chi connectivity index (χ0) is 52.3. The van der Waals surface area contributed by atoms with Crippen LogP contribution < -0.4 is 0 Å². The fourth-order valence-electron chi connectivity index (χ4n) is 1.94. The van der Waals surface area contributed by atoms with Crippen LogP contribution in [0.5, 0.6) is 0 Å². The van der Waals surface area contributed by atoms with E-state index in [4.69, 9.17) is 41.1 Å². The molecule has 0 saturated heterocycles. The van der Waals surface area contributed by atoms with Crippen molar-refractivity contribution < 1.29 is 41.1 Å². The first-order chi connectivity index (χ1) is 26.7. The van der Waals surface area contributed by atoms with Gasteiger partial charge in [0, 0.05) is 41.1 Å². The molecule has 0 spiro atoms. The molecular weight excluding hydrogens is 582 g/mol. The van der Waals surface area contributed by atoms with Gasteiger partial charge in [0.15, 0.2) is 0 Å². The number of hydrogen-bond acceptors (Lipinski definition) is 0. The standard InChI is InChI=1S/3C6H13P.3C3H9P.6CH4/c3*7-6-4-2-1-3-5-6;3*1-3(2)4;;;;;;/h3*6H,1-5,7H2;3*3H,4H2,1-2H3;6*1H4/i1D2,2D2,3D2,4D2,5D2,6D;4D2,5D2;6D;1D3,2D3,3D;1D3,2D3;3D;;;;;;. The van der Waals surface area contributed by atoms with Crippen LogP contribution in [-0.4, -0.2) is 33.9 Å². The highest BCUT2D eigenvalue weighted by Gasteiger charge is 2.07. The Bertz CT molecular complexity index is 1210. The normalized spacial score (nSPS) is 40.2. The molecule has 3 saturated carbocycles. The summed E-state index contributed by atoms with van der Waals surface area (Å²) in [7, 11) is 12.2. The Labute approximate surface area is 313 Å². The quantitative estimate of drug-likeness (QED) is 0.220. The molecule has 3 aliphatic rings. The van der Waals surface area contributed by atoms with E-state index in [-0.39, 0.29) is 55.8 Å². The predicted octanol–water partition coefficient (Wildman–Crippen LogP) is 14.2. The van der Waals surface area contributed by atoms with Gasteiger partial charge in [0.1, 0.15) is 0 Å². The molecule has 0 nitrogen and oxygen atoms in total. The number of hydrogen-bond donors (Lipinski definition) is 0. The highest BCUT2D eigenvalue weighted by Crippen LogP contribution is 2.24. The van der Waals surface area contributed by atoms with Crippen molar-refractivity contribution in [1.29, 1.82) is 0 Å². The fourth-order valence-corrected chi connectivity index (χ4v) is 2.83. The molecule has 0 N–H and O–H groups in total. The third-order valence-electron chi connectivity index (χ3n) is 3.10. The molecule has 6 unspecified atom stereocenters. The zero-order valence-corrected chi connectivity index (χ0v) is 26.7. The van der Waals surface area contributed by atoms with Crippen LogP contribution in [0.15, 0.2) is 0 Å². The zero-order valence-electron chi connectivity index (χ0n) is 49.8. The lowest BCUT2D eigenvalue weighted by Gasteiger charge is -2.15. The average molecular weight is 703 g/mol. The highest BCUT2D eigenvalue weighted by molar-refractivity contribution is 7.18. The van der Waals surface area contributed by atoms with Gasteiger partial charge in [-0.3, -0.25) is 0 Å². The van der Waals surface area contributed by atoms with Gasteiger partial charge in [-0.1, -0.05) is 143 Å². The highest BCUT2D eigenvalue weighted by atomic mass is 31.0. The van der Waals surface area contributed by atoms with Crippen molar-refractivity contribution in [2.75, 3.05) is 0 Å². The monoisotopic (exact) mass is 703 g/mol. The maximum Gasteiger partial charge on any atom is 0.0347 e. The van der Waals surface area contributed by atoms with Crippen LogP contribution in [0.4, 0.5) is 0 Å². The molecule has 0 aromatic carbocycles. The summed E-state index contributed by atoms with van der Waals surface area (Å²) in [6.45, 7) is -6.78. The minimum atomic E-state index is -3.42. The van der Waals surface area contributed by atoms with Crippen LogP contribution >= 0.6 is 55.4 Å². The molecule has 0 aromatic heterocycles. The minimum absolute atomic E-state index is 0. The maximum atomic E-state index is 7.69. The van der Waals surface area contributed by atoms with Crippen molar-refractivity contribution in [3.8, 4) is 0 Å². The molecule has 3 rings (SSSR count). The minimum Gasteiger partial charge on any atom is -0.135 e. The first kappa shape index (κ1) is 17.5. The molecular formula is C33H90P6. The molecule has 3 fully saturated rings. The van der Waals surface area contributed by atoms with Gasteiger partial charge in [-0.15, -0.1) is 55.4 Å². The summed E-state index contributed by atoms with van der Waals surface area (Å²) in [5, 5.41) is 0. The summed E-state index contributed by atoms with van der Waals surface area (Å²) in [4.78, 5) is 0. The van der Waals surface area contributed by atoms with Crippen molar-refractivity contribution in [3.63, 3.8) is 0 Å². The molecule has 0 aliphatic heterocycles. The summed E-state index contributed by atoms with van der Waals surface area (Å²) >= 11 is 0. The van der Waals surface area contributed by atoms with Crippen LogP contribution in [0, 0.1) is 0 Å². The lowest BCUT2D eigenvalue weighted by molar-refractivity contribution is 0.516. The first-order valence-corrected chi connectivity index (χ1v) is 14.0. The molecule has 3 aliphatic carbocycles. The summed E-state index contributed by atoms with van der Waals surface area (Å²) in [5.41, 5.74) is -7.68. The van der Waals surface area contributed by atoms with Crippen molar-refractivity contribution >= 4 is 55.4 Å². The van der Waals surface area contributed by atoms with Crippen LogP contribution in [0.2, 0.25) is 0 Å². The second kappa shape index (κ2) is 50.2. The van der Waals surface area contributed by atoms with Gasteiger partial charge in [-0.25, -0.2) is 0 Å². The summed E-state index contributed by atoms with van der Waals surface area (Å²) in [5.74, 6) is 0. The van der Waals surface area contributed by atoms with E-state index in [0.717, 1.165) is 12.8 Å². The molecule has 0 radical (unpaired) electrons. The average Bonchev–Trinajstić information content (AvgIpc) is 3.00. The maximum absolute atomic E-state index is 7.69. The lowest BCUT2D eigenvalue weighted by Crippen LogP contribution is -2.02. The first-order valence-electron chi connectivity index (χ1n) is 25.4. The third-order valence-corrected chi connectivity index (χ3v) is 4.43. The van der Waals surface area contributed by atoms with Crippen molar-refractivity contribution in [3.05, 3.63) is 0 Å². The second-order valence-electron chi connectivity index (χ2n) is 6.97. The van der Waals surface area contributed by atoms with Gasteiger partial charge in [0.2, 0.25) is 0 Å². The van der Waals surface area contributed by atoms with Crippen molar-refractivity contribution in [2.24, 2.45) is 0 Å². The van der Waals surface area contributed by atoms with E-state index in [2.05, 4.69) is 27.7 Å². The third kappa shape index (κ3) is 85.5. The van der Waals surface area contributed by atoms with Crippen molar-refractivity contribution in [1.82, 2.24) is 0 Å². The molecule has 0 bridgehead atoms. The lowest BCUT2D eigenvalue weighted by atomic mass is 10.0. The molecule has 0 heterocycles. The predicted molar refractivity (Wildman–Crippen MR) is 225 cm³/mol. The van der Waals surface area contributed by atoms with E-state index in [9.17, 15) is 0 Å². The van der Waals surface area contributed by atoms with Gasteiger partial charge in [0.25, 0.3) is 0 Å². The Kier molecular flexibility index (Phi) is 22.5. The second-order valence-corrected chi connectivity index (χ2v) is 11.4. The van der Waals surface area contributed by atoms with E-state index in [1.54, 1.807) is 9.24 Å². The van der Waals surface area contributed by atoms with Crippen LogP contribution in [0.1, 0.15) is 223 Å². The Morgan fingerprint density at radius 2 is 0.974 bits per heavy atom. The van der Waals surface area contributed by atoms with Crippen LogP contribution in [0.3, 0.4) is 0 Å². The molecule has 39 heavy (non-hydrogen) atoms. The molecule has 0 amide bonds. The molecule has 6 atom stereocenters. The van der Waals surface area contributed by atoms with Crippen LogP contribution in [-0.2, 0) is 0 Å². The molecule has 252 valence electrons. The molecule has 0 aromatic rings. The van der Waals surface area contributed by atoms with Gasteiger partial charge in [0.05, 0.1) is 0 Å². The van der Waals surface area contributed by atoms with Gasteiger partial charge < -0.3 is 0 Å². The number of rotatable bonds is 0. The van der Waals surface area contributed by atoms with Crippen LogP contribution in [0.25, 0.3) is 0 Å². The molecule has 6 heteroatoms. The Morgan fingerprint density at radius 3 is 1.21 bits per heavy atom. The largest absolute Gasteiger partial charge is 0.135 e. The van der Waals surface area contributed by atoms with E-state index < -0.39 is 94.6 Å². The van der Waals surface area contributed by atoms with E-state index in [1.165, 1.54) is 28.5 Å². The smallest absolute Gasteiger partial charge is 0.0347 e. The Balaban J connectivity index is -0.0000000910. The van der Waals surface area contributed by atoms with Gasteiger partial charge >= 0.3 is 0 Å². The topological polar surface area (TPSA) is 0 Å². The summed E-state index contributed by atoms with van der Waals surface area (Å²) < 4.78 is 215. The van der Waals surface area contributed by atoms with E-state index >= 15 is 0 Å². The van der Waals surface area contributed by atoms with E-state index in [0.29, 0.717) is 19.3 Å². The van der Waals surface area contributed by atoms with E-state index in [1.807, 2.05) is 23.1 Å².